The van der Waals surface area contributed by atoms with E-state index < -0.39 is 5.60 Å². The van der Waals surface area contributed by atoms with Gasteiger partial charge in [0.25, 0.3) is 0 Å². The van der Waals surface area contributed by atoms with Crippen LogP contribution in [0.1, 0.15) is 18.4 Å². The lowest BCUT2D eigenvalue weighted by Gasteiger charge is -2.33. The van der Waals surface area contributed by atoms with E-state index in [1.54, 1.807) is 7.11 Å². The molecule has 1 aliphatic heterocycles. The molecule has 1 aliphatic rings. The van der Waals surface area contributed by atoms with Gasteiger partial charge in [-0.25, -0.2) is 0 Å². The number of hydrogen-bond donors (Lipinski definition) is 1. The molecule has 0 radical (unpaired) electrons. The molecule has 0 aliphatic carbocycles. The third-order valence-corrected chi connectivity index (χ3v) is 4.09. The van der Waals surface area contributed by atoms with Crippen LogP contribution in [0.15, 0.2) is 24.3 Å². The maximum Gasteiger partial charge on any atom is 0.124 e. The van der Waals surface area contributed by atoms with Gasteiger partial charge in [-0.05, 0) is 24.7 Å². The third-order valence-electron chi connectivity index (χ3n) is 2.83. The molecule has 1 aromatic carbocycles. The van der Waals surface area contributed by atoms with Crippen molar-refractivity contribution in [2.24, 2.45) is 0 Å². The van der Waals surface area contributed by atoms with Crippen LogP contribution in [0.25, 0.3) is 0 Å². The van der Waals surface area contributed by atoms with Crippen LogP contribution in [0.2, 0.25) is 0 Å². The molecule has 2 nitrogen and oxygen atoms in total. The van der Waals surface area contributed by atoms with Crippen molar-refractivity contribution in [2.75, 3.05) is 18.6 Å². The summed E-state index contributed by atoms with van der Waals surface area (Å²) in [6.45, 7) is 0. The number of benzene rings is 1. The Kier molecular flexibility index (Phi) is 3.22. The molecule has 1 atom stereocenters. The lowest BCUT2D eigenvalue weighted by molar-refractivity contribution is 0.0470. The van der Waals surface area contributed by atoms with Gasteiger partial charge in [-0.1, -0.05) is 18.2 Å². The highest BCUT2D eigenvalue weighted by atomic mass is 32.2. The van der Waals surface area contributed by atoms with Gasteiger partial charge in [0, 0.05) is 11.3 Å². The topological polar surface area (TPSA) is 29.5 Å². The molecule has 0 unspecified atom stereocenters. The monoisotopic (exact) mass is 224 g/mol. The molecular formula is C12H16O2S. The van der Waals surface area contributed by atoms with Crippen LogP contribution in [-0.4, -0.2) is 23.7 Å². The van der Waals surface area contributed by atoms with E-state index in [4.69, 9.17) is 4.74 Å². The van der Waals surface area contributed by atoms with Crippen LogP contribution < -0.4 is 4.74 Å². The van der Waals surface area contributed by atoms with Crippen molar-refractivity contribution < 1.29 is 9.84 Å². The second-order valence-electron chi connectivity index (χ2n) is 3.89. The fraction of sp³-hybridized carbons (Fsp3) is 0.500. The zero-order valence-electron chi connectivity index (χ0n) is 8.90. The highest BCUT2D eigenvalue weighted by molar-refractivity contribution is 7.99. The molecule has 1 heterocycles. The first-order valence-electron chi connectivity index (χ1n) is 5.20. The summed E-state index contributed by atoms with van der Waals surface area (Å²) in [5, 5.41) is 10.6. The molecule has 0 aromatic heterocycles. The van der Waals surface area contributed by atoms with E-state index >= 15 is 0 Å². The van der Waals surface area contributed by atoms with Gasteiger partial charge in [0.05, 0.1) is 7.11 Å². The van der Waals surface area contributed by atoms with Crippen LogP contribution in [0.4, 0.5) is 0 Å². The SMILES string of the molecule is COc1ccccc1[C@]1(O)CCCSC1. The summed E-state index contributed by atoms with van der Waals surface area (Å²) >= 11 is 1.81. The Balaban J connectivity index is 2.34. The lowest BCUT2D eigenvalue weighted by atomic mass is 9.90. The number of rotatable bonds is 2. The molecule has 0 spiro atoms. The maximum absolute atomic E-state index is 10.6. The molecule has 0 bridgehead atoms. The minimum absolute atomic E-state index is 0.699. The number of hydrogen-bond acceptors (Lipinski definition) is 3. The van der Waals surface area contributed by atoms with E-state index in [9.17, 15) is 5.11 Å². The zero-order chi connectivity index (χ0) is 10.7. The Bertz CT molecular complexity index is 332. The van der Waals surface area contributed by atoms with Crippen LogP contribution in [-0.2, 0) is 5.60 Å². The van der Waals surface area contributed by atoms with Crippen molar-refractivity contribution in [1.29, 1.82) is 0 Å². The summed E-state index contributed by atoms with van der Waals surface area (Å²) in [7, 11) is 1.65. The van der Waals surface area contributed by atoms with E-state index in [2.05, 4.69) is 0 Å². The first-order chi connectivity index (χ1) is 7.26. The summed E-state index contributed by atoms with van der Waals surface area (Å²) < 4.78 is 5.29. The average molecular weight is 224 g/mol. The fourth-order valence-corrected chi connectivity index (χ4v) is 3.15. The first-order valence-corrected chi connectivity index (χ1v) is 6.35. The molecule has 15 heavy (non-hydrogen) atoms. The van der Waals surface area contributed by atoms with Crippen molar-refractivity contribution in [3.63, 3.8) is 0 Å². The van der Waals surface area contributed by atoms with Gasteiger partial charge < -0.3 is 9.84 Å². The van der Waals surface area contributed by atoms with Gasteiger partial charge in [-0.3, -0.25) is 0 Å². The zero-order valence-corrected chi connectivity index (χ0v) is 9.72. The molecule has 1 N–H and O–H groups in total. The molecule has 3 heteroatoms. The smallest absolute Gasteiger partial charge is 0.124 e. The Morgan fingerprint density at radius 3 is 2.87 bits per heavy atom. The van der Waals surface area contributed by atoms with Gasteiger partial charge in [-0.2, -0.15) is 11.8 Å². The van der Waals surface area contributed by atoms with Crippen molar-refractivity contribution >= 4 is 11.8 Å². The Morgan fingerprint density at radius 1 is 1.40 bits per heavy atom. The molecular weight excluding hydrogens is 208 g/mol. The van der Waals surface area contributed by atoms with Crippen molar-refractivity contribution in [3.8, 4) is 5.75 Å². The summed E-state index contributed by atoms with van der Waals surface area (Å²) in [6, 6.07) is 7.76. The van der Waals surface area contributed by atoms with Crippen LogP contribution in [0.5, 0.6) is 5.75 Å². The number of ether oxygens (including phenoxy) is 1. The Labute approximate surface area is 94.6 Å². The summed E-state index contributed by atoms with van der Waals surface area (Å²) in [6.07, 6.45) is 1.90. The largest absolute Gasteiger partial charge is 0.496 e. The van der Waals surface area contributed by atoms with Crippen LogP contribution in [0, 0.1) is 0 Å². The fourth-order valence-electron chi connectivity index (χ4n) is 2.02. The van der Waals surface area contributed by atoms with Gasteiger partial charge in [0.15, 0.2) is 0 Å². The molecule has 82 valence electrons. The first kappa shape index (κ1) is 10.8. The maximum atomic E-state index is 10.6. The van der Waals surface area contributed by atoms with Crippen LogP contribution in [0.3, 0.4) is 0 Å². The molecule has 0 amide bonds. The molecule has 1 aromatic rings. The lowest BCUT2D eigenvalue weighted by Crippen LogP contribution is -2.32. The van der Waals surface area contributed by atoms with Gasteiger partial charge in [0.1, 0.15) is 11.4 Å². The van der Waals surface area contributed by atoms with Crippen molar-refractivity contribution in [3.05, 3.63) is 29.8 Å². The molecule has 0 saturated carbocycles. The Morgan fingerprint density at radius 2 is 2.20 bits per heavy atom. The van der Waals surface area contributed by atoms with E-state index in [1.807, 2.05) is 36.0 Å². The van der Waals surface area contributed by atoms with Crippen molar-refractivity contribution in [1.82, 2.24) is 0 Å². The van der Waals surface area contributed by atoms with E-state index in [1.165, 1.54) is 0 Å². The predicted octanol–water partition coefficient (Wildman–Crippen LogP) is 2.41. The average Bonchev–Trinajstić information content (AvgIpc) is 2.30. The Hall–Kier alpha value is -0.670. The second-order valence-corrected chi connectivity index (χ2v) is 4.99. The van der Waals surface area contributed by atoms with E-state index in [-0.39, 0.29) is 0 Å². The van der Waals surface area contributed by atoms with E-state index in [0.29, 0.717) is 0 Å². The highest BCUT2D eigenvalue weighted by Crippen LogP contribution is 2.39. The van der Waals surface area contributed by atoms with Crippen molar-refractivity contribution in [2.45, 2.75) is 18.4 Å². The predicted molar refractivity (Wildman–Crippen MR) is 63.4 cm³/mol. The normalized spacial score (nSPS) is 26.3. The number of para-hydroxylation sites is 1. The summed E-state index contributed by atoms with van der Waals surface area (Å²) in [5.41, 5.74) is 0.231. The van der Waals surface area contributed by atoms with Crippen LogP contribution >= 0.6 is 11.8 Å². The van der Waals surface area contributed by atoms with E-state index in [0.717, 1.165) is 35.7 Å². The molecule has 1 saturated heterocycles. The van der Waals surface area contributed by atoms with Gasteiger partial charge in [-0.15, -0.1) is 0 Å². The third kappa shape index (κ3) is 2.13. The minimum Gasteiger partial charge on any atom is -0.496 e. The standard InChI is InChI=1S/C12H16O2S/c1-14-11-6-3-2-5-10(11)12(13)7-4-8-15-9-12/h2-3,5-6,13H,4,7-9H2,1H3/t12-/m0/s1. The number of methoxy groups -OCH3 is 1. The number of thioether (sulfide) groups is 1. The number of aliphatic hydroxyl groups is 1. The minimum atomic E-state index is -0.699. The summed E-state index contributed by atoms with van der Waals surface area (Å²) in [5.74, 6) is 2.72. The highest BCUT2D eigenvalue weighted by Gasteiger charge is 2.33. The van der Waals surface area contributed by atoms with Gasteiger partial charge >= 0.3 is 0 Å². The molecule has 1 fully saturated rings. The molecule has 2 rings (SSSR count). The summed E-state index contributed by atoms with van der Waals surface area (Å²) in [4.78, 5) is 0. The quantitative estimate of drug-likeness (QED) is 0.836. The van der Waals surface area contributed by atoms with Gasteiger partial charge in [0.2, 0.25) is 0 Å². The second kappa shape index (κ2) is 4.45.